The van der Waals surface area contributed by atoms with E-state index in [1.54, 1.807) is 12.3 Å². The molecule has 0 spiro atoms. The van der Waals surface area contributed by atoms with Gasteiger partial charge in [-0.2, -0.15) is 10.4 Å². The van der Waals surface area contributed by atoms with E-state index in [-0.39, 0.29) is 12.1 Å². The molecule has 0 fully saturated rings. The molecule has 0 aliphatic carbocycles. The molecule has 0 aromatic carbocycles. The molecule has 64 valence electrons. The zero-order valence-electron chi connectivity index (χ0n) is 6.69. The van der Waals surface area contributed by atoms with Gasteiger partial charge in [-0.05, 0) is 6.07 Å². The van der Waals surface area contributed by atoms with Crippen LogP contribution >= 0.6 is 0 Å². The van der Waals surface area contributed by atoms with Gasteiger partial charge in [0, 0.05) is 6.07 Å². The average Bonchev–Trinajstić information content (AvgIpc) is 2.46. The number of H-pyrrole nitrogens is 1. The summed E-state index contributed by atoms with van der Waals surface area (Å²) >= 11 is 0. The SMILES string of the molecule is N#CCn1cc2[nH]c(=O)ccc2n1. The maximum atomic E-state index is 10.9. The summed E-state index contributed by atoms with van der Waals surface area (Å²) in [5.41, 5.74) is 1.18. The van der Waals surface area contributed by atoms with E-state index >= 15 is 0 Å². The number of pyridine rings is 1. The monoisotopic (exact) mass is 174 g/mol. The van der Waals surface area contributed by atoms with E-state index in [2.05, 4.69) is 10.1 Å². The molecular weight excluding hydrogens is 168 g/mol. The van der Waals surface area contributed by atoms with Crippen LogP contribution < -0.4 is 5.56 Å². The first-order valence-electron chi connectivity index (χ1n) is 3.73. The minimum atomic E-state index is -0.163. The second-order valence-electron chi connectivity index (χ2n) is 2.61. The fourth-order valence-electron chi connectivity index (χ4n) is 1.14. The smallest absolute Gasteiger partial charge is 0.248 e. The Morgan fingerprint density at radius 2 is 2.46 bits per heavy atom. The van der Waals surface area contributed by atoms with Crippen LogP contribution in [0.2, 0.25) is 0 Å². The highest BCUT2D eigenvalue weighted by Gasteiger charge is 1.99. The molecular formula is C8H6N4O. The summed E-state index contributed by atoms with van der Waals surface area (Å²) in [5, 5.41) is 12.5. The van der Waals surface area contributed by atoms with E-state index in [4.69, 9.17) is 5.26 Å². The van der Waals surface area contributed by atoms with E-state index in [0.717, 1.165) is 0 Å². The normalized spacial score (nSPS) is 10.1. The standard InChI is InChI=1S/C8H6N4O/c9-3-4-12-5-7-6(11-12)1-2-8(13)10-7/h1-2,5H,4H2,(H,10,13). The van der Waals surface area contributed by atoms with Gasteiger partial charge in [-0.1, -0.05) is 0 Å². The molecule has 2 aromatic heterocycles. The molecule has 2 aromatic rings. The number of nitrogens with zero attached hydrogens (tertiary/aromatic N) is 3. The quantitative estimate of drug-likeness (QED) is 0.673. The van der Waals surface area contributed by atoms with Crippen molar-refractivity contribution in [3.8, 4) is 6.07 Å². The molecule has 13 heavy (non-hydrogen) atoms. The van der Waals surface area contributed by atoms with E-state index in [1.165, 1.54) is 10.7 Å². The lowest BCUT2D eigenvalue weighted by molar-refractivity contribution is 0.719. The van der Waals surface area contributed by atoms with Gasteiger partial charge < -0.3 is 4.98 Å². The molecule has 2 rings (SSSR count). The predicted octanol–water partition coefficient (Wildman–Crippen LogP) is 0.248. The Morgan fingerprint density at radius 1 is 1.62 bits per heavy atom. The molecule has 5 nitrogen and oxygen atoms in total. The number of aromatic nitrogens is 3. The molecule has 0 atom stereocenters. The summed E-state index contributed by atoms with van der Waals surface area (Å²) in [5.74, 6) is 0. The van der Waals surface area contributed by atoms with Crippen LogP contribution in [-0.2, 0) is 6.54 Å². The zero-order chi connectivity index (χ0) is 9.26. The fraction of sp³-hybridized carbons (Fsp3) is 0.125. The molecule has 0 unspecified atom stereocenters. The highest BCUT2D eigenvalue weighted by molar-refractivity contribution is 5.72. The molecule has 0 bridgehead atoms. The van der Waals surface area contributed by atoms with Crippen molar-refractivity contribution in [2.24, 2.45) is 0 Å². The maximum absolute atomic E-state index is 10.9. The van der Waals surface area contributed by atoms with Gasteiger partial charge in [0.1, 0.15) is 12.1 Å². The first kappa shape index (κ1) is 7.55. The van der Waals surface area contributed by atoms with Gasteiger partial charge in [0.2, 0.25) is 5.56 Å². The van der Waals surface area contributed by atoms with Crippen molar-refractivity contribution in [2.45, 2.75) is 6.54 Å². The second kappa shape index (κ2) is 2.75. The number of nitrogens with one attached hydrogen (secondary N) is 1. The third-order valence-electron chi connectivity index (χ3n) is 1.67. The molecule has 0 radical (unpaired) electrons. The van der Waals surface area contributed by atoms with Crippen molar-refractivity contribution in [2.75, 3.05) is 0 Å². The van der Waals surface area contributed by atoms with Gasteiger partial charge in [-0.15, -0.1) is 0 Å². The third kappa shape index (κ3) is 1.29. The summed E-state index contributed by atoms with van der Waals surface area (Å²) in [7, 11) is 0. The van der Waals surface area contributed by atoms with E-state index in [9.17, 15) is 4.79 Å². The molecule has 0 aliphatic heterocycles. The zero-order valence-corrected chi connectivity index (χ0v) is 6.69. The highest BCUT2D eigenvalue weighted by Crippen LogP contribution is 2.04. The minimum absolute atomic E-state index is 0.163. The fourth-order valence-corrected chi connectivity index (χ4v) is 1.14. The van der Waals surface area contributed by atoms with Gasteiger partial charge in [0.15, 0.2) is 0 Å². The van der Waals surface area contributed by atoms with Crippen LogP contribution in [0.1, 0.15) is 0 Å². The molecule has 2 heterocycles. The lowest BCUT2D eigenvalue weighted by Gasteiger charge is -1.86. The van der Waals surface area contributed by atoms with Crippen molar-refractivity contribution < 1.29 is 0 Å². The summed E-state index contributed by atoms with van der Waals surface area (Å²) < 4.78 is 1.49. The van der Waals surface area contributed by atoms with Crippen LogP contribution in [0.5, 0.6) is 0 Å². The van der Waals surface area contributed by atoms with Crippen molar-refractivity contribution in [3.63, 3.8) is 0 Å². The Balaban J connectivity index is 2.63. The van der Waals surface area contributed by atoms with Crippen LogP contribution in [0.25, 0.3) is 11.0 Å². The Kier molecular flexibility index (Phi) is 1.60. The van der Waals surface area contributed by atoms with E-state index in [1.807, 2.05) is 6.07 Å². The first-order chi connectivity index (χ1) is 6.29. The van der Waals surface area contributed by atoms with Crippen LogP contribution in [0, 0.1) is 11.3 Å². The Morgan fingerprint density at radius 3 is 3.23 bits per heavy atom. The number of fused-ring (bicyclic) bond motifs is 1. The summed E-state index contributed by atoms with van der Waals surface area (Å²) in [6, 6.07) is 5.00. The average molecular weight is 174 g/mol. The lowest BCUT2D eigenvalue weighted by atomic mass is 10.4. The van der Waals surface area contributed by atoms with Crippen LogP contribution in [0.15, 0.2) is 23.1 Å². The second-order valence-corrected chi connectivity index (χ2v) is 2.61. The topological polar surface area (TPSA) is 74.5 Å². The summed E-state index contributed by atoms with van der Waals surface area (Å²) in [6.45, 7) is 0.191. The molecule has 0 amide bonds. The van der Waals surface area contributed by atoms with Gasteiger partial charge >= 0.3 is 0 Å². The Bertz CT molecular complexity index is 531. The first-order valence-corrected chi connectivity index (χ1v) is 3.73. The number of rotatable bonds is 1. The van der Waals surface area contributed by atoms with Crippen molar-refractivity contribution in [3.05, 3.63) is 28.7 Å². The molecule has 0 aliphatic rings. The molecule has 5 heteroatoms. The van der Waals surface area contributed by atoms with Gasteiger partial charge in [-0.3, -0.25) is 9.48 Å². The summed E-state index contributed by atoms with van der Waals surface area (Å²) in [4.78, 5) is 13.5. The van der Waals surface area contributed by atoms with Crippen molar-refractivity contribution in [1.29, 1.82) is 5.26 Å². The van der Waals surface area contributed by atoms with E-state index < -0.39 is 0 Å². The molecule has 0 saturated carbocycles. The molecule has 1 N–H and O–H groups in total. The number of hydrogen-bond donors (Lipinski definition) is 1. The largest absolute Gasteiger partial charge is 0.319 e. The Hall–Kier alpha value is -2.09. The number of aromatic amines is 1. The Labute approximate surface area is 73.2 Å². The van der Waals surface area contributed by atoms with E-state index in [0.29, 0.717) is 11.0 Å². The van der Waals surface area contributed by atoms with Gasteiger partial charge in [0.05, 0.1) is 17.8 Å². The van der Waals surface area contributed by atoms with Gasteiger partial charge in [-0.25, -0.2) is 0 Å². The van der Waals surface area contributed by atoms with Crippen molar-refractivity contribution >= 4 is 11.0 Å². The number of hydrogen-bond acceptors (Lipinski definition) is 3. The summed E-state index contributed by atoms with van der Waals surface area (Å²) in [6.07, 6.45) is 1.64. The molecule has 0 saturated heterocycles. The number of nitriles is 1. The van der Waals surface area contributed by atoms with Crippen LogP contribution in [0.4, 0.5) is 0 Å². The maximum Gasteiger partial charge on any atom is 0.248 e. The van der Waals surface area contributed by atoms with Crippen LogP contribution in [0.3, 0.4) is 0 Å². The highest BCUT2D eigenvalue weighted by atomic mass is 16.1. The van der Waals surface area contributed by atoms with Crippen molar-refractivity contribution in [1.82, 2.24) is 14.8 Å². The van der Waals surface area contributed by atoms with Gasteiger partial charge in [0.25, 0.3) is 0 Å². The van der Waals surface area contributed by atoms with Crippen LogP contribution in [-0.4, -0.2) is 14.8 Å². The third-order valence-corrected chi connectivity index (χ3v) is 1.67. The minimum Gasteiger partial charge on any atom is -0.319 e. The lowest BCUT2D eigenvalue weighted by Crippen LogP contribution is -2.00. The predicted molar refractivity (Wildman–Crippen MR) is 46.0 cm³/mol.